The molecule has 25 heteroatoms. The molecule has 522 valence electrons. The number of fused-ring (bicyclic) bond motifs is 2. The van der Waals surface area contributed by atoms with Crippen molar-refractivity contribution in [2.45, 2.75) is 128 Å². The number of thiophene rings is 1. The Bertz CT molecular complexity index is 3880. The third-order valence-electron chi connectivity index (χ3n) is 17.4. The quantitative estimate of drug-likeness (QED) is 0.0140. The third kappa shape index (κ3) is 22.0. The van der Waals surface area contributed by atoms with Crippen molar-refractivity contribution in [1.29, 1.82) is 0 Å². The molecule has 2 aromatic heterocycles. The second-order valence-electron chi connectivity index (χ2n) is 25.0. The van der Waals surface area contributed by atoms with Crippen molar-refractivity contribution < 1.29 is 60.9 Å². The van der Waals surface area contributed by atoms with E-state index in [-0.39, 0.29) is 69.1 Å². The van der Waals surface area contributed by atoms with E-state index in [1.54, 1.807) is 66.8 Å². The van der Waals surface area contributed by atoms with Crippen LogP contribution in [-0.4, -0.2) is 150 Å². The summed E-state index contributed by atoms with van der Waals surface area (Å²) >= 11 is 1.41. The van der Waals surface area contributed by atoms with Gasteiger partial charge in [0.15, 0.2) is 18.0 Å². The number of ether oxygens (including phenoxy) is 2. The maximum Gasteiger partial charge on any atom is 0.737 e. The monoisotopic (exact) mass is 1370 g/mol. The zero-order valence-corrected chi connectivity index (χ0v) is 56.8. The molecule has 21 nitrogen and oxygen atoms in total. The summed E-state index contributed by atoms with van der Waals surface area (Å²) in [6, 6.07) is 37.5. The topological polar surface area (TPSA) is 276 Å². The lowest BCUT2D eigenvalue weighted by molar-refractivity contribution is -0.360. The van der Waals surface area contributed by atoms with E-state index < -0.39 is 60.7 Å². The highest BCUT2D eigenvalue weighted by Gasteiger charge is 2.52. The molecule has 4 aromatic carbocycles. The van der Waals surface area contributed by atoms with E-state index in [9.17, 15) is 38.4 Å². The first-order chi connectivity index (χ1) is 47.9. The Morgan fingerprint density at radius 1 is 0.636 bits per heavy atom. The smallest absolute Gasteiger partial charge is 0.490 e. The normalized spacial score (nSPS) is 15.3. The molecule has 3 aliphatic heterocycles. The number of rotatable bonds is 37. The molecule has 99 heavy (non-hydrogen) atoms. The molecule has 0 bridgehead atoms. The lowest BCUT2D eigenvalue weighted by Gasteiger charge is -2.32. The Kier molecular flexibility index (Phi) is 27.0. The number of amides is 8. The van der Waals surface area contributed by atoms with Crippen molar-refractivity contribution in [1.82, 2.24) is 46.6 Å². The average Bonchev–Trinajstić information content (AvgIpc) is 1.61. The number of primary amides is 1. The van der Waals surface area contributed by atoms with E-state index >= 15 is 8.63 Å². The molecule has 6 aromatic rings. The second-order valence-corrected chi connectivity index (χ2v) is 25.9. The summed E-state index contributed by atoms with van der Waals surface area (Å²) in [7, 11) is 0. The molecular weight excluding hydrogens is 1280 g/mol. The Balaban J connectivity index is 0.585. The number of allylic oxidation sites excluding steroid dienone is 2. The van der Waals surface area contributed by atoms with E-state index in [1.807, 2.05) is 84.2 Å². The minimum absolute atomic E-state index is 0.0449. The number of benzene rings is 4. The lowest BCUT2D eigenvalue weighted by Crippen LogP contribution is -2.56. The van der Waals surface area contributed by atoms with Crippen molar-refractivity contribution in [3.8, 4) is 11.5 Å². The van der Waals surface area contributed by atoms with E-state index in [0.29, 0.717) is 80.3 Å². The number of hydrogen-bond donors (Lipinski definition) is 8. The molecule has 0 spiro atoms. The maximum absolute atomic E-state index is 16.2. The van der Waals surface area contributed by atoms with Crippen LogP contribution in [0, 0.1) is 0 Å². The van der Waals surface area contributed by atoms with Gasteiger partial charge in [0, 0.05) is 101 Å². The molecule has 5 heterocycles. The van der Waals surface area contributed by atoms with Crippen LogP contribution in [0.4, 0.5) is 8.63 Å². The van der Waals surface area contributed by atoms with Crippen LogP contribution in [0.5, 0.6) is 11.5 Å². The summed E-state index contributed by atoms with van der Waals surface area (Å²) in [6.07, 6.45) is 14.7. The number of para-hydroxylation sites is 1. The van der Waals surface area contributed by atoms with Gasteiger partial charge < -0.3 is 74.9 Å². The van der Waals surface area contributed by atoms with Gasteiger partial charge >= 0.3 is 6.97 Å². The summed E-state index contributed by atoms with van der Waals surface area (Å²) in [6.45, 7) is 1.20. The highest BCUT2D eigenvalue weighted by atomic mass is 32.1. The van der Waals surface area contributed by atoms with Gasteiger partial charge in [0.25, 0.3) is 5.91 Å². The first-order valence-electron chi connectivity index (χ1n) is 34.0. The number of piperidine rings is 1. The van der Waals surface area contributed by atoms with E-state index in [2.05, 4.69) is 60.3 Å². The molecule has 1 fully saturated rings. The van der Waals surface area contributed by atoms with Gasteiger partial charge in [-0.15, -0.1) is 11.3 Å². The predicted molar refractivity (Wildman–Crippen MR) is 379 cm³/mol. The van der Waals surface area contributed by atoms with Crippen molar-refractivity contribution in [3.05, 3.63) is 195 Å². The van der Waals surface area contributed by atoms with Gasteiger partial charge in [-0.2, -0.15) is 0 Å². The lowest BCUT2D eigenvalue weighted by atomic mass is 9.90. The number of carbonyl (C=O) groups is 8. The molecule has 3 aliphatic rings. The van der Waals surface area contributed by atoms with E-state index in [0.717, 1.165) is 68.6 Å². The average molecular weight is 1370 g/mol. The van der Waals surface area contributed by atoms with Crippen molar-refractivity contribution >= 4 is 89.5 Å². The number of nitrogens with one attached hydrogen (secondary N) is 7. The Hall–Kier alpha value is -10.0. The zero-order valence-electron chi connectivity index (χ0n) is 55.9. The number of unbranched alkanes of at least 4 members (excludes halogenated alkanes) is 3. The van der Waals surface area contributed by atoms with Gasteiger partial charge in [-0.05, 0) is 129 Å². The Labute approximate surface area is 580 Å². The molecule has 0 aliphatic carbocycles. The fraction of sp³-hybridized carbons (Fsp3) is 0.365. The van der Waals surface area contributed by atoms with Gasteiger partial charge in [0.05, 0.1) is 4.88 Å². The minimum Gasteiger partial charge on any atom is -0.490 e. The van der Waals surface area contributed by atoms with Crippen molar-refractivity contribution in [2.75, 3.05) is 45.9 Å². The number of likely N-dealkylation sites (tertiary alicyclic amines) is 1. The molecule has 9 rings (SSSR count). The molecule has 0 radical (unpaired) electrons. The summed E-state index contributed by atoms with van der Waals surface area (Å²) in [4.78, 5) is 106. The first-order valence-corrected chi connectivity index (χ1v) is 34.8. The molecule has 1 saturated heterocycles. The van der Waals surface area contributed by atoms with Gasteiger partial charge in [0.1, 0.15) is 41.8 Å². The maximum atomic E-state index is 16.2. The summed E-state index contributed by atoms with van der Waals surface area (Å²) < 4.78 is 46.8. The second kappa shape index (κ2) is 36.5. The van der Waals surface area contributed by atoms with Crippen LogP contribution in [0.1, 0.15) is 123 Å². The first kappa shape index (κ1) is 73.2. The van der Waals surface area contributed by atoms with Crippen LogP contribution in [-0.2, 0) is 51.2 Å². The summed E-state index contributed by atoms with van der Waals surface area (Å²) in [5.41, 5.74) is 11.2. The molecule has 4 atom stereocenters. The van der Waals surface area contributed by atoms with Crippen LogP contribution in [0.3, 0.4) is 0 Å². The SMILES string of the molecule is C[C@H](NC(=O)[C@H](C)NC(=O)[C@H](Cc1ccccc1)NC(=O)CCN1CCC(Oc2ccccc2Cc2ccccc2)CC1)C(=O)NCCC(=O)N[C@@H](CCCCNC(=O)CCCCCNC(=O)COc1ccc(/C=C/c2ccc3n2[B-](F)(F)[N+]2=C(c4cccs4)C=CC2=C3)cc1)C(N)=O. The molecule has 8 amide bonds. The summed E-state index contributed by atoms with van der Waals surface area (Å²) in [5.74, 6) is -2.48. The van der Waals surface area contributed by atoms with Crippen LogP contribution in [0.15, 0.2) is 157 Å². The molecular formula is C74H88BF2N11O10S. The van der Waals surface area contributed by atoms with Crippen LogP contribution in [0.2, 0.25) is 0 Å². The van der Waals surface area contributed by atoms with Crippen molar-refractivity contribution in [3.63, 3.8) is 0 Å². The van der Waals surface area contributed by atoms with Gasteiger partial charge in [-0.1, -0.05) is 110 Å². The fourth-order valence-electron chi connectivity index (χ4n) is 12.0. The fourth-order valence-corrected chi connectivity index (χ4v) is 12.7. The zero-order chi connectivity index (χ0) is 70.1. The summed E-state index contributed by atoms with van der Waals surface area (Å²) in [5, 5.41) is 20.9. The number of nitrogens with two attached hydrogens (primary N) is 1. The van der Waals surface area contributed by atoms with Crippen LogP contribution >= 0.6 is 11.3 Å². The number of nitrogens with zero attached hydrogens (tertiary/aromatic N) is 3. The number of hydrogen-bond acceptors (Lipinski definition) is 12. The predicted octanol–water partition coefficient (Wildman–Crippen LogP) is 7.45. The standard InChI is InChI=1S/C74H88BF2N11O10S/c1-51(82-73(95)52(2)83-74(96)63(48-55-19-8-4-9-20-55)85-69(91)39-45-86-43-37-61(38-44-86)98-65-23-12-11-21-56(65)47-54-17-6-3-7-18-54)72(94)81-42-36-68(90)84-62(71(78)93)22-13-15-41-79-67(89)25-10-5-14-40-80-70(92)50-97-60-33-27-53(28-34-60)26-29-57-30-31-58-49-59-32-35-64(66-24-16-46-99-66)88(59)75(76,77)87(57)58/h3-4,6-9,11-12,16-21,23-24,26-35,46,49,51-52,61-63H,5,10,13-15,22,25,36-45,47-48,50H2,1-2H3,(H2,78,93)(H,79,89)(H,80,92)(H,81,94)(H,82,95)(H,83,96)(H,84,90)(H,85,91)/b29-26+/t51-,52-,62-,63-/m0/s1. The van der Waals surface area contributed by atoms with Crippen molar-refractivity contribution in [2.24, 2.45) is 5.73 Å². The number of carbonyl (C=O) groups excluding carboxylic acids is 8. The number of aromatic nitrogens is 1. The number of halogens is 2. The molecule has 0 saturated carbocycles. The third-order valence-corrected chi connectivity index (χ3v) is 18.3. The molecule has 9 N–H and O–H groups in total. The highest BCUT2D eigenvalue weighted by molar-refractivity contribution is 7.12. The van der Waals surface area contributed by atoms with Gasteiger partial charge in [-0.25, -0.2) is 0 Å². The largest absolute Gasteiger partial charge is 0.737 e. The highest BCUT2D eigenvalue weighted by Crippen LogP contribution is 2.35. The van der Waals surface area contributed by atoms with Gasteiger partial charge in [0.2, 0.25) is 41.4 Å². The molecule has 0 unspecified atom stereocenters. The van der Waals surface area contributed by atoms with Gasteiger partial charge in [-0.3, -0.25) is 38.4 Å². The van der Waals surface area contributed by atoms with E-state index in [1.165, 1.54) is 30.7 Å². The Morgan fingerprint density at radius 2 is 1.30 bits per heavy atom. The Morgan fingerprint density at radius 3 is 2.03 bits per heavy atom. The van der Waals surface area contributed by atoms with E-state index in [4.69, 9.17) is 15.2 Å². The minimum atomic E-state index is -4.16. The van der Waals surface area contributed by atoms with Crippen LogP contribution in [0.25, 0.3) is 18.2 Å². The van der Waals surface area contributed by atoms with Crippen LogP contribution < -0.4 is 52.4 Å².